The van der Waals surface area contributed by atoms with Crippen LogP contribution in [0.1, 0.15) is 16.5 Å². The van der Waals surface area contributed by atoms with E-state index in [1.165, 1.54) is 15.4 Å². The first-order valence-corrected chi connectivity index (χ1v) is 7.54. The van der Waals surface area contributed by atoms with Crippen LogP contribution >= 0.6 is 46.6 Å². The average Bonchev–Trinajstić information content (AvgIpc) is 2.46. The minimum atomic E-state index is -0.0640. The second kappa shape index (κ2) is 4.97. The predicted molar refractivity (Wildman–Crippen MR) is 79.3 cm³/mol. The Balaban J connectivity index is 2.13. The molecule has 0 nitrogen and oxygen atoms in total. The van der Waals surface area contributed by atoms with Crippen molar-refractivity contribution < 1.29 is 0 Å². The maximum atomic E-state index is 6.49. The van der Waals surface area contributed by atoms with Crippen LogP contribution in [0.25, 0.3) is 0 Å². The minimum Gasteiger partial charge on any atom is -0.117 e. The van der Waals surface area contributed by atoms with Crippen molar-refractivity contribution in [3.05, 3.63) is 57.6 Å². The summed E-state index contributed by atoms with van der Waals surface area (Å²) in [6, 6.07) is 11.8. The molecule has 0 spiro atoms. The third-order valence-electron chi connectivity index (χ3n) is 2.95. The van der Waals surface area contributed by atoms with Crippen molar-refractivity contribution in [1.29, 1.82) is 0 Å². The van der Waals surface area contributed by atoms with Crippen molar-refractivity contribution in [3.8, 4) is 0 Å². The number of alkyl halides is 1. The van der Waals surface area contributed by atoms with E-state index in [-0.39, 0.29) is 5.38 Å². The van der Waals surface area contributed by atoms with E-state index < -0.39 is 0 Å². The third kappa shape index (κ3) is 2.37. The molecular formula is C14H9Cl3S. The molecular weight excluding hydrogens is 307 g/mol. The smallest absolute Gasteiger partial charge is 0.0637 e. The van der Waals surface area contributed by atoms with E-state index in [2.05, 4.69) is 6.07 Å². The summed E-state index contributed by atoms with van der Waals surface area (Å²) in [4.78, 5) is 2.38. The molecule has 1 aliphatic rings. The summed E-state index contributed by atoms with van der Waals surface area (Å²) >= 11 is 20.3. The van der Waals surface area contributed by atoms with Gasteiger partial charge in [-0.25, -0.2) is 0 Å². The highest BCUT2D eigenvalue weighted by molar-refractivity contribution is 7.99. The molecule has 1 unspecified atom stereocenters. The summed E-state index contributed by atoms with van der Waals surface area (Å²) in [5.41, 5.74) is 2.29. The molecule has 0 fully saturated rings. The van der Waals surface area contributed by atoms with Gasteiger partial charge in [0, 0.05) is 19.8 Å². The molecule has 3 rings (SSSR count). The summed E-state index contributed by atoms with van der Waals surface area (Å²) in [5.74, 6) is 0. The zero-order chi connectivity index (χ0) is 12.7. The van der Waals surface area contributed by atoms with E-state index >= 15 is 0 Å². The Kier molecular flexibility index (Phi) is 3.50. The van der Waals surface area contributed by atoms with Gasteiger partial charge in [-0.15, -0.1) is 11.6 Å². The van der Waals surface area contributed by atoms with Crippen molar-refractivity contribution >= 4 is 46.6 Å². The number of hydrogen-bond donors (Lipinski definition) is 0. The lowest BCUT2D eigenvalue weighted by Crippen LogP contribution is -1.95. The van der Waals surface area contributed by atoms with E-state index in [9.17, 15) is 0 Å². The van der Waals surface area contributed by atoms with Crippen molar-refractivity contribution in [2.45, 2.75) is 21.6 Å². The lowest BCUT2D eigenvalue weighted by Gasteiger charge is -2.10. The Bertz CT molecular complexity index is 610. The van der Waals surface area contributed by atoms with Crippen LogP contribution in [-0.2, 0) is 6.42 Å². The van der Waals surface area contributed by atoms with Gasteiger partial charge < -0.3 is 0 Å². The molecule has 0 aliphatic carbocycles. The molecule has 2 aromatic carbocycles. The Morgan fingerprint density at radius 2 is 1.61 bits per heavy atom. The average molecular weight is 316 g/mol. The van der Waals surface area contributed by atoms with Crippen LogP contribution in [0.4, 0.5) is 0 Å². The lowest BCUT2D eigenvalue weighted by molar-refractivity contribution is 0.891. The summed E-state index contributed by atoms with van der Waals surface area (Å²) in [6.07, 6.45) is 0.776. The molecule has 1 atom stereocenters. The van der Waals surface area contributed by atoms with Gasteiger partial charge in [-0.2, -0.15) is 0 Å². The molecule has 18 heavy (non-hydrogen) atoms. The summed E-state index contributed by atoms with van der Waals surface area (Å²) in [5, 5.41) is 1.41. The molecule has 1 aliphatic heterocycles. The van der Waals surface area contributed by atoms with Crippen molar-refractivity contribution in [3.63, 3.8) is 0 Å². The fraction of sp³-hybridized carbons (Fsp3) is 0.143. The Morgan fingerprint density at radius 3 is 2.39 bits per heavy atom. The molecule has 1 heterocycles. The Hall–Kier alpha value is -0.340. The molecule has 0 bridgehead atoms. The van der Waals surface area contributed by atoms with Gasteiger partial charge >= 0.3 is 0 Å². The van der Waals surface area contributed by atoms with E-state index in [0.29, 0.717) is 0 Å². The van der Waals surface area contributed by atoms with E-state index in [0.717, 1.165) is 22.0 Å². The number of fused-ring (bicyclic) bond motifs is 2. The van der Waals surface area contributed by atoms with Crippen molar-refractivity contribution in [2.75, 3.05) is 0 Å². The third-order valence-corrected chi connectivity index (χ3v) is 5.02. The first kappa shape index (κ1) is 12.7. The zero-order valence-electron chi connectivity index (χ0n) is 9.29. The second-order valence-corrected chi connectivity index (χ2v) is 6.69. The number of hydrogen-bond acceptors (Lipinski definition) is 1. The molecule has 0 N–H and O–H groups in total. The van der Waals surface area contributed by atoms with Crippen LogP contribution in [0, 0.1) is 0 Å². The highest BCUT2D eigenvalue weighted by Crippen LogP contribution is 2.44. The Morgan fingerprint density at radius 1 is 0.944 bits per heavy atom. The highest BCUT2D eigenvalue weighted by Gasteiger charge is 2.21. The normalized spacial score (nSPS) is 17.8. The maximum Gasteiger partial charge on any atom is 0.0637 e. The quantitative estimate of drug-likeness (QED) is 0.539. The molecule has 0 amide bonds. The van der Waals surface area contributed by atoms with Crippen LogP contribution in [0.15, 0.2) is 46.2 Å². The fourth-order valence-electron chi connectivity index (χ4n) is 2.09. The number of halogens is 3. The predicted octanol–water partition coefficient (Wildman–Crippen LogP) is 5.98. The monoisotopic (exact) mass is 314 g/mol. The fourth-order valence-corrected chi connectivity index (χ4v) is 3.97. The van der Waals surface area contributed by atoms with Crippen LogP contribution < -0.4 is 0 Å². The standard InChI is InChI=1S/C14H9Cl3S/c15-9-1-3-13-8(5-9)6-12(17)11-7-10(16)2-4-14(11)18-13/h1-5,7,12H,6H2. The first-order chi connectivity index (χ1) is 8.63. The largest absolute Gasteiger partial charge is 0.117 e. The van der Waals surface area contributed by atoms with Crippen molar-refractivity contribution in [2.24, 2.45) is 0 Å². The van der Waals surface area contributed by atoms with Gasteiger partial charge in [0.25, 0.3) is 0 Å². The van der Waals surface area contributed by atoms with Gasteiger partial charge in [0.05, 0.1) is 5.38 Å². The molecule has 0 saturated carbocycles. The van der Waals surface area contributed by atoms with Gasteiger partial charge in [0.15, 0.2) is 0 Å². The molecule has 0 aromatic heterocycles. The van der Waals surface area contributed by atoms with Crippen LogP contribution in [-0.4, -0.2) is 0 Å². The molecule has 92 valence electrons. The topological polar surface area (TPSA) is 0 Å². The van der Waals surface area contributed by atoms with Gasteiger partial charge in [-0.05, 0) is 53.9 Å². The SMILES string of the molecule is Clc1ccc2c(c1)CC(Cl)c1cc(Cl)ccc1S2. The molecule has 4 heteroatoms. The number of rotatable bonds is 0. The molecule has 0 saturated heterocycles. The summed E-state index contributed by atoms with van der Waals surface area (Å²) < 4.78 is 0. The Labute approximate surface area is 125 Å². The number of benzene rings is 2. The lowest BCUT2D eigenvalue weighted by atomic mass is 10.0. The summed E-state index contributed by atoms with van der Waals surface area (Å²) in [7, 11) is 0. The maximum absolute atomic E-state index is 6.49. The second-order valence-electron chi connectivity index (χ2n) is 4.21. The molecule has 0 radical (unpaired) electrons. The van der Waals surface area contributed by atoms with Crippen LogP contribution in [0.5, 0.6) is 0 Å². The van der Waals surface area contributed by atoms with Gasteiger partial charge in [-0.1, -0.05) is 35.0 Å². The molecule has 2 aromatic rings. The first-order valence-electron chi connectivity index (χ1n) is 5.53. The summed E-state index contributed by atoms with van der Waals surface area (Å²) in [6.45, 7) is 0. The zero-order valence-corrected chi connectivity index (χ0v) is 12.4. The highest BCUT2D eigenvalue weighted by atomic mass is 35.5. The minimum absolute atomic E-state index is 0.0640. The van der Waals surface area contributed by atoms with Crippen LogP contribution in [0.3, 0.4) is 0 Å². The van der Waals surface area contributed by atoms with E-state index in [1.807, 2.05) is 30.3 Å². The van der Waals surface area contributed by atoms with E-state index in [4.69, 9.17) is 34.8 Å². The van der Waals surface area contributed by atoms with Crippen LogP contribution in [0.2, 0.25) is 10.0 Å². The van der Waals surface area contributed by atoms with Gasteiger partial charge in [0.1, 0.15) is 0 Å². The van der Waals surface area contributed by atoms with E-state index in [1.54, 1.807) is 11.8 Å². The van der Waals surface area contributed by atoms with Gasteiger partial charge in [0.2, 0.25) is 0 Å². The van der Waals surface area contributed by atoms with Crippen molar-refractivity contribution in [1.82, 2.24) is 0 Å². The van der Waals surface area contributed by atoms with Gasteiger partial charge in [-0.3, -0.25) is 0 Å².